The van der Waals surface area contributed by atoms with Crippen LogP contribution in [0.5, 0.6) is 11.5 Å². The molecule has 0 amide bonds. The zero-order valence-corrected chi connectivity index (χ0v) is 15.2. The number of benzene rings is 2. The maximum Gasteiger partial charge on any atom is 0.150 e. The Morgan fingerprint density at radius 1 is 1.04 bits per heavy atom. The van der Waals surface area contributed by atoms with Crippen molar-refractivity contribution in [2.75, 3.05) is 13.2 Å². The summed E-state index contributed by atoms with van der Waals surface area (Å²) in [5.41, 5.74) is 2.99. The maximum atomic E-state index is 10.7. The predicted octanol–water partition coefficient (Wildman–Crippen LogP) is 5.15. The summed E-state index contributed by atoms with van der Waals surface area (Å²) in [6.45, 7) is 7.26. The molecule has 2 rings (SSSR count). The van der Waals surface area contributed by atoms with Gasteiger partial charge in [0.15, 0.2) is 0 Å². The van der Waals surface area contributed by atoms with E-state index in [-0.39, 0.29) is 0 Å². The Kier molecular flexibility index (Phi) is 6.22. The fourth-order valence-electron chi connectivity index (χ4n) is 2.25. The van der Waals surface area contributed by atoms with Crippen molar-refractivity contribution in [3.8, 4) is 11.5 Å². The molecule has 0 atom stereocenters. The molecule has 2 aromatic rings. The normalized spacial score (nSPS) is 10.7. The summed E-state index contributed by atoms with van der Waals surface area (Å²) in [4.78, 5) is 10.7. The summed E-state index contributed by atoms with van der Waals surface area (Å²) in [6, 6.07) is 11.5. The van der Waals surface area contributed by atoms with Gasteiger partial charge >= 0.3 is 0 Å². The van der Waals surface area contributed by atoms with Crippen LogP contribution in [0.25, 0.3) is 0 Å². The fourth-order valence-corrected chi connectivity index (χ4v) is 2.77. The third-order valence-corrected chi connectivity index (χ3v) is 4.10. The Hall–Kier alpha value is -1.81. The highest BCUT2D eigenvalue weighted by Gasteiger charge is 2.08. The predicted molar refractivity (Wildman–Crippen MR) is 95.8 cm³/mol. The quantitative estimate of drug-likeness (QED) is 0.494. The van der Waals surface area contributed by atoms with Crippen LogP contribution >= 0.6 is 15.9 Å². The van der Waals surface area contributed by atoms with Crippen molar-refractivity contribution in [2.45, 2.75) is 26.7 Å². The smallest absolute Gasteiger partial charge is 0.150 e. The zero-order valence-electron chi connectivity index (χ0n) is 13.6. The van der Waals surface area contributed by atoms with Crippen LogP contribution in [0.15, 0.2) is 40.9 Å². The molecule has 0 heterocycles. The van der Waals surface area contributed by atoms with Gasteiger partial charge < -0.3 is 9.47 Å². The molecule has 0 N–H and O–H groups in total. The molecule has 3 nitrogen and oxygen atoms in total. The highest BCUT2D eigenvalue weighted by molar-refractivity contribution is 9.10. The lowest BCUT2D eigenvalue weighted by atomic mass is 10.0. The number of halogens is 1. The third kappa shape index (κ3) is 4.83. The summed E-state index contributed by atoms with van der Waals surface area (Å²) < 4.78 is 12.4. The van der Waals surface area contributed by atoms with Gasteiger partial charge in [0.1, 0.15) is 31.0 Å². The lowest BCUT2D eigenvalue weighted by Crippen LogP contribution is -2.10. The SMILES string of the molecule is Cc1ccc(C(C)C)c(OCCOc2ccc(C=O)cc2Br)c1. The van der Waals surface area contributed by atoms with Crippen molar-refractivity contribution in [2.24, 2.45) is 0 Å². The number of rotatable bonds is 7. The monoisotopic (exact) mass is 376 g/mol. The van der Waals surface area contributed by atoms with Gasteiger partial charge in [0.25, 0.3) is 0 Å². The highest BCUT2D eigenvalue weighted by atomic mass is 79.9. The van der Waals surface area contributed by atoms with E-state index in [2.05, 4.69) is 54.9 Å². The Morgan fingerprint density at radius 3 is 2.35 bits per heavy atom. The summed E-state index contributed by atoms with van der Waals surface area (Å²) in [7, 11) is 0. The number of aldehydes is 1. The molecule has 4 heteroatoms. The number of hydrogen-bond acceptors (Lipinski definition) is 3. The van der Waals surface area contributed by atoms with Crippen molar-refractivity contribution in [3.05, 3.63) is 57.6 Å². The summed E-state index contributed by atoms with van der Waals surface area (Å²) in [5.74, 6) is 2.03. The van der Waals surface area contributed by atoms with Crippen molar-refractivity contribution >= 4 is 22.2 Å². The van der Waals surface area contributed by atoms with Crippen molar-refractivity contribution in [1.29, 1.82) is 0 Å². The Bertz CT molecular complexity index is 680. The average molecular weight is 377 g/mol. The van der Waals surface area contributed by atoms with Gasteiger partial charge in [0.2, 0.25) is 0 Å². The lowest BCUT2D eigenvalue weighted by Gasteiger charge is -2.15. The largest absolute Gasteiger partial charge is 0.490 e. The van der Waals surface area contributed by atoms with E-state index in [1.165, 1.54) is 11.1 Å². The summed E-state index contributed by atoms with van der Waals surface area (Å²) in [5, 5.41) is 0. The molecule has 0 aliphatic heterocycles. The van der Waals surface area contributed by atoms with Crippen LogP contribution in [0.2, 0.25) is 0 Å². The zero-order chi connectivity index (χ0) is 16.8. The van der Waals surface area contributed by atoms with E-state index in [0.29, 0.717) is 30.4 Å². The minimum atomic E-state index is 0.413. The second-order valence-electron chi connectivity index (χ2n) is 5.70. The topological polar surface area (TPSA) is 35.5 Å². The minimum absolute atomic E-state index is 0.413. The number of hydrogen-bond donors (Lipinski definition) is 0. The minimum Gasteiger partial charge on any atom is -0.490 e. The van der Waals surface area contributed by atoms with Crippen LogP contribution in [0.1, 0.15) is 41.3 Å². The third-order valence-electron chi connectivity index (χ3n) is 3.48. The molecular weight excluding hydrogens is 356 g/mol. The molecule has 0 saturated carbocycles. The van der Waals surface area contributed by atoms with Gasteiger partial charge in [-0.1, -0.05) is 26.0 Å². The van der Waals surface area contributed by atoms with Crippen LogP contribution in [-0.2, 0) is 0 Å². The van der Waals surface area contributed by atoms with Crippen LogP contribution < -0.4 is 9.47 Å². The number of carbonyl (C=O) groups is 1. The molecule has 2 aromatic carbocycles. The second-order valence-corrected chi connectivity index (χ2v) is 6.55. The van der Waals surface area contributed by atoms with E-state index in [4.69, 9.17) is 9.47 Å². The van der Waals surface area contributed by atoms with Gasteiger partial charge in [-0.15, -0.1) is 0 Å². The first-order valence-corrected chi connectivity index (χ1v) is 8.41. The first-order valence-electron chi connectivity index (χ1n) is 7.62. The summed E-state index contributed by atoms with van der Waals surface area (Å²) >= 11 is 3.40. The van der Waals surface area contributed by atoms with Crippen molar-refractivity contribution in [3.63, 3.8) is 0 Å². The molecule has 0 fully saturated rings. The molecule has 0 aliphatic rings. The van der Waals surface area contributed by atoms with Crippen LogP contribution in [0, 0.1) is 6.92 Å². The number of carbonyl (C=O) groups excluding carboxylic acids is 1. The van der Waals surface area contributed by atoms with E-state index < -0.39 is 0 Å². The van der Waals surface area contributed by atoms with E-state index in [1.807, 2.05) is 0 Å². The van der Waals surface area contributed by atoms with E-state index in [9.17, 15) is 4.79 Å². The van der Waals surface area contributed by atoms with E-state index in [1.54, 1.807) is 18.2 Å². The molecular formula is C19H21BrO3. The average Bonchev–Trinajstić information content (AvgIpc) is 2.52. The van der Waals surface area contributed by atoms with E-state index >= 15 is 0 Å². The first kappa shape index (κ1) is 17.5. The van der Waals surface area contributed by atoms with Gasteiger partial charge in [-0.05, 0) is 64.2 Å². The van der Waals surface area contributed by atoms with Crippen LogP contribution in [0.4, 0.5) is 0 Å². The molecule has 0 aromatic heterocycles. The Labute approximate surface area is 145 Å². The van der Waals surface area contributed by atoms with Gasteiger partial charge in [-0.2, -0.15) is 0 Å². The maximum absolute atomic E-state index is 10.7. The summed E-state index contributed by atoms with van der Waals surface area (Å²) in [6.07, 6.45) is 0.808. The van der Waals surface area contributed by atoms with Crippen molar-refractivity contribution in [1.82, 2.24) is 0 Å². The second kappa shape index (κ2) is 8.16. The molecule has 0 saturated heterocycles. The lowest BCUT2D eigenvalue weighted by molar-refractivity contribution is 0.112. The van der Waals surface area contributed by atoms with E-state index in [0.717, 1.165) is 16.5 Å². The standard InChI is InChI=1S/C19H21BrO3/c1-13(2)16-6-4-14(3)10-19(16)23-9-8-22-18-7-5-15(12-21)11-17(18)20/h4-7,10-13H,8-9H2,1-3H3. The molecule has 23 heavy (non-hydrogen) atoms. The molecule has 0 bridgehead atoms. The number of ether oxygens (including phenoxy) is 2. The number of aryl methyl sites for hydroxylation is 1. The highest BCUT2D eigenvalue weighted by Crippen LogP contribution is 2.28. The first-order chi connectivity index (χ1) is 11.0. The van der Waals surface area contributed by atoms with Gasteiger partial charge in [0.05, 0.1) is 4.47 Å². The van der Waals surface area contributed by atoms with Gasteiger partial charge in [-0.25, -0.2) is 0 Å². The molecule has 122 valence electrons. The fraction of sp³-hybridized carbons (Fsp3) is 0.316. The van der Waals surface area contributed by atoms with Gasteiger partial charge in [-0.3, -0.25) is 4.79 Å². The van der Waals surface area contributed by atoms with Crippen LogP contribution in [-0.4, -0.2) is 19.5 Å². The van der Waals surface area contributed by atoms with Gasteiger partial charge in [0, 0.05) is 5.56 Å². The Balaban J connectivity index is 1.93. The molecule has 0 spiro atoms. The molecule has 0 aliphatic carbocycles. The molecule has 0 radical (unpaired) electrons. The van der Waals surface area contributed by atoms with Crippen LogP contribution in [0.3, 0.4) is 0 Å². The Morgan fingerprint density at radius 2 is 1.74 bits per heavy atom. The molecule has 0 unspecified atom stereocenters. The van der Waals surface area contributed by atoms with Crippen molar-refractivity contribution < 1.29 is 14.3 Å².